The van der Waals surface area contributed by atoms with E-state index < -0.39 is 12.0 Å². The SMILES string of the molecule is CCC(O)CNC(=O)/C(C#N)=C(\C)c1ccc(-c2ccc3cc(N4CCOCC4)ccc3c2)n1C. The molecule has 3 aromatic rings. The zero-order chi connectivity index (χ0) is 24.9. The van der Waals surface area contributed by atoms with Gasteiger partial charge in [0, 0.05) is 43.8 Å². The Morgan fingerprint density at radius 3 is 2.57 bits per heavy atom. The number of hydrogen-bond acceptors (Lipinski definition) is 5. The van der Waals surface area contributed by atoms with Crippen LogP contribution in [-0.4, -0.2) is 54.5 Å². The van der Waals surface area contributed by atoms with Crippen molar-refractivity contribution < 1.29 is 14.6 Å². The monoisotopic (exact) mass is 472 g/mol. The molecule has 1 unspecified atom stereocenters. The Morgan fingerprint density at radius 1 is 1.14 bits per heavy atom. The van der Waals surface area contributed by atoms with Gasteiger partial charge in [-0.05, 0) is 65.6 Å². The highest BCUT2D eigenvalue weighted by atomic mass is 16.5. The summed E-state index contributed by atoms with van der Waals surface area (Å²) < 4.78 is 7.47. The standard InChI is InChI=1S/C28H32N4O3/c1-4-24(33)18-30-28(34)25(17-29)19(2)26-9-10-27(31(26)3)22-6-5-21-16-23(8-7-20(21)15-22)32-11-13-35-14-12-32/h5-10,15-16,24,33H,4,11-14,18H2,1-3H3,(H,30,34)/b25-19+. The molecule has 182 valence electrons. The highest BCUT2D eigenvalue weighted by Gasteiger charge is 2.18. The number of aliphatic hydroxyl groups excluding tert-OH is 1. The molecule has 1 atom stereocenters. The molecule has 0 saturated carbocycles. The summed E-state index contributed by atoms with van der Waals surface area (Å²) in [5.74, 6) is -0.470. The van der Waals surface area contributed by atoms with Crippen LogP contribution in [0.3, 0.4) is 0 Å². The van der Waals surface area contributed by atoms with Crippen molar-refractivity contribution in [3.05, 3.63) is 59.8 Å². The Morgan fingerprint density at radius 2 is 1.86 bits per heavy atom. The smallest absolute Gasteiger partial charge is 0.262 e. The lowest BCUT2D eigenvalue weighted by Crippen LogP contribution is -2.36. The third kappa shape index (κ3) is 5.24. The van der Waals surface area contributed by atoms with Crippen LogP contribution in [0.2, 0.25) is 0 Å². The van der Waals surface area contributed by atoms with E-state index in [1.54, 1.807) is 6.92 Å². The molecule has 0 radical (unpaired) electrons. The Bertz CT molecular complexity index is 1300. The normalized spacial score (nSPS) is 15.5. The molecule has 1 aliphatic heterocycles. The molecular weight excluding hydrogens is 440 g/mol. The van der Waals surface area contributed by atoms with Crippen molar-refractivity contribution >= 4 is 27.9 Å². The van der Waals surface area contributed by atoms with Crippen molar-refractivity contribution in [2.24, 2.45) is 7.05 Å². The maximum Gasteiger partial charge on any atom is 0.262 e. The molecule has 2 aromatic carbocycles. The number of amides is 1. The number of benzene rings is 2. The number of morpholine rings is 1. The molecule has 1 aliphatic rings. The van der Waals surface area contributed by atoms with Gasteiger partial charge in [-0.2, -0.15) is 5.26 Å². The number of hydrogen-bond donors (Lipinski definition) is 2. The van der Waals surface area contributed by atoms with Crippen LogP contribution in [0.15, 0.2) is 54.1 Å². The van der Waals surface area contributed by atoms with E-state index in [-0.39, 0.29) is 12.1 Å². The second kappa shape index (κ2) is 10.8. The molecule has 4 rings (SSSR count). The second-order valence-corrected chi connectivity index (χ2v) is 8.89. The predicted octanol–water partition coefficient (Wildman–Crippen LogP) is 3.87. The van der Waals surface area contributed by atoms with Gasteiger partial charge in [-0.15, -0.1) is 0 Å². The number of allylic oxidation sites excluding steroid dienone is 1. The van der Waals surface area contributed by atoms with Crippen LogP contribution in [0, 0.1) is 11.3 Å². The molecule has 35 heavy (non-hydrogen) atoms. The molecule has 7 nitrogen and oxygen atoms in total. The fourth-order valence-electron chi connectivity index (χ4n) is 4.46. The van der Waals surface area contributed by atoms with Crippen LogP contribution in [0.4, 0.5) is 5.69 Å². The summed E-state index contributed by atoms with van der Waals surface area (Å²) in [4.78, 5) is 14.9. The Balaban J connectivity index is 1.60. The van der Waals surface area contributed by atoms with Crippen molar-refractivity contribution in [2.45, 2.75) is 26.4 Å². The quantitative estimate of drug-likeness (QED) is 0.403. The molecule has 7 heteroatoms. The van der Waals surface area contributed by atoms with Gasteiger partial charge in [0.05, 0.1) is 19.3 Å². The number of carbonyl (C=O) groups is 1. The maximum absolute atomic E-state index is 12.6. The fraction of sp³-hybridized carbons (Fsp3) is 0.357. The highest BCUT2D eigenvalue weighted by Crippen LogP contribution is 2.31. The molecule has 0 bridgehead atoms. The van der Waals surface area contributed by atoms with Crippen molar-refractivity contribution in [2.75, 3.05) is 37.7 Å². The van der Waals surface area contributed by atoms with Crippen LogP contribution in [0.1, 0.15) is 26.0 Å². The van der Waals surface area contributed by atoms with E-state index in [2.05, 4.69) is 46.6 Å². The molecular formula is C28H32N4O3. The number of carbonyl (C=O) groups excluding carboxylic acids is 1. The largest absolute Gasteiger partial charge is 0.391 e. The Labute approximate surface area is 206 Å². The van der Waals surface area contributed by atoms with E-state index in [1.807, 2.05) is 36.7 Å². The topological polar surface area (TPSA) is 90.5 Å². The summed E-state index contributed by atoms with van der Waals surface area (Å²) in [5, 5.41) is 24.4. The number of fused-ring (bicyclic) bond motifs is 1. The zero-order valence-corrected chi connectivity index (χ0v) is 20.5. The molecule has 2 N–H and O–H groups in total. The molecule has 1 fully saturated rings. The van der Waals surface area contributed by atoms with Gasteiger partial charge in [0.2, 0.25) is 0 Å². The minimum absolute atomic E-state index is 0.0511. The maximum atomic E-state index is 12.6. The highest BCUT2D eigenvalue weighted by molar-refractivity contribution is 6.04. The first-order valence-corrected chi connectivity index (χ1v) is 12.0. The lowest BCUT2D eigenvalue weighted by molar-refractivity contribution is -0.117. The van der Waals surface area contributed by atoms with E-state index in [1.165, 1.54) is 11.1 Å². The van der Waals surface area contributed by atoms with Crippen molar-refractivity contribution in [3.8, 4) is 17.3 Å². The zero-order valence-electron chi connectivity index (χ0n) is 20.5. The summed E-state index contributed by atoms with van der Waals surface area (Å²) >= 11 is 0. The van der Waals surface area contributed by atoms with E-state index >= 15 is 0 Å². The van der Waals surface area contributed by atoms with Crippen molar-refractivity contribution in [1.82, 2.24) is 9.88 Å². The lowest BCUT2D eigenvalue weighted by Gasteiger charge is -2.29. The van der Waals surface area contributed by atoms with Gasteiger partial charge in [-0.1, -0.05) is 25.1 Å². The number of rotatable bonds is 7. The second-order valence-electron chi connectivity index (χ2n) is 8.89. The van der Waals surface area contributed by atoms with Gasteiger partial charge in [0.15, 0.2) is 0 Å². The van der Waals surface area contributed by atoms with Gasteiger partial charge in [-0.25, -0.2) is 0 Å². The molecule has 1 saturated heterocycles. The number of aromatic nitrogens is 1. The molecule has 2 heterocycles. The van der Waals surface area contributed by atoms with Gasteiger partial charge in [-0.3, -0.25) is 4.79 Å². The minimum atomic E-state index is -0.626. The Hall–Kier alpha value is -3.60. The molecule has 1 aromatic heterocycles. The van der Waals surface area contributed by atoms with Gasteiger partial charge < -0.3 is 24.6 Å². The van der Waals surface area contributed by atoms with Gasteiger partial charge in [0.1, 0.15) is 11.6 Å². The summed E-state index contributed by atoms with van der Waals surface area (Å²) in [6, 6.07) is 18.9. The first kappa shape index (κ1) is 24.5. The number of aliphatic hydroxyl groups is 1. The first-order chi connectivity index (χ1) is 16.9. The van der Waals surface area contributed by atoms with E-state index in [0.29, 0.717) is 12.0 Å². The lowest BCUT2D eigenvalue weighted by atomic mass is 10.0. The fourth-order valence-corrected chi connectivity index (χ4v) is 4.46. The molecule has 0 spiro atoms. The third-order valence-corrected chi connectivity index (χ3v) is 6.69. The predicted molar refractivity (Wildman–Crippen MR) is 139 cm³/mol. The van der Waals surface area contributed by atoms with Crippen LogP contribution < -0.4 is 10.2 Å². The van der Waals surface area contributed by atoms with Crippen LogP contribution in [-0.2, 0) is 16.6 Å². The van der Waals surface area contributed by atoms with Gasteiger partial charge in [0.25, 0.3) is 5.91 Å². The van der Waals surface area contributed by atoms with Crippen LogP contribution >= 0.6 is 0 Å². The average molecular weight is 473 g/mol. The summed E-state index contributed by atoms with van der Waals surface area (Å²) in [7, 11) is 1.94. The van der Waals surface area contributed by atoms with Crippen molar-refractivity contribution in [3.63, 3.8) is 0 Å². The number of ether oxygens (including phenoxy) is 1. The van der Waals surface area contributed by atoms with E-state index in [4.69, 9.17) is 4.74 Å². The number of nitriles is 1. The molecule has 0 aliphatic carbocycles. The average Bonchev–Trinajstić information content (AvgIpc) is 3.28. The first-order valence-electron chi connectivity index (χ1n) is 12.0. The minimum Gasteiger partial charge on any atom is -0.391 e. The van der Waals surface area contributed by atoms with Crippen molar-refractivity contribution in [1.29, 1.82) is 5.26 Å². The van der Waals surface area contributed by atoms with Crippen LogP contribution in [0.5, 0.6) is 0 Å². The summed E-state index contributed by atoms with van der Waals surface area (Å²) in [6.07, 6.45) is -0.0922. The molecule has 1 amide bonds. The number of nitrogens with one attached hydrogen (secondary N) is 1. The Kier molecular flexibility index (Phi) is 7.54. The summed E-state index contributed by atoms with van der Waals surface area (Å²) in [5.41, 5.74) is 4.72. The van der Waals surface area contributed by atoms with Gasteiger partial charge >= 0.3 is 0 Å². The summed E-state index contributed by atoms with van der Waals surface area (Å²) in [6.45, 7) is 7.07. The number of anilines is 1. The number of nitrogens with zero attached hydrogens (tertiary/aromatic N) is 3. The van der Waals surface area contributed by atoms with Crippen LogP contribution in [0.25, 0.3) is 27.6 Å². The third-order valence-electron chi connectivity index (χ3n) is 6.69. The van der Waals surface area contributed by atoms with E-state index in [0.717, 1.165) is 48.6 Å². The van der Waals surface area contributed by atoms with E-state index in [9.17, 15) is 15.2 Å².